The maximum Gasteiger partial charge on any atom is 0.0968 e. The van der Waals surface area contributed by atoms with Gasteiger partial charge in [0.15, 0.2) is 0 Å². The standard InChI is InChI=1S/C50H34N2S/c1-2-16-43-41(14-1)46-30-32(24-25-44(46)49-48(43)51-26-27-52-49)31-10-5-11-33(28-31)36-17-7-21-40-37(18-8-20-39(36)40)34-12-6-13-35(29-34)38-19-9-22-45-42-15-3-4-23-47(42)53-50(38)45/h1-23,26-30,42,47H,24-25H2. The molecule has 11 rings (SSSR count). The fourth-order valence-corrected chi connectivity index (χ4v) is 10.4. The van der Waals surface area contributed by atoms with Crippen molar-refractivity contribution in [2.24, 2.45) is 0 Å². The van der Waals surface area contributed by atoms with E-state index in [4.69, 9.17) is 9.97 Å². The summed E-state index contributed by atoms with van der Waals surface area (Å²) in [5.41, 5.74) is 16.3. The molecule has 0 saturated heterocycles. The van der Waals surface area contributed by atoms with Crippen LogP contribution in [0.3, 0.4) is 0 Å². The quantitative estimate of drug-likeness (QED) is 0.172. The molecule has 0 radical (unpaired) electrons. The van der Waals surface area contributed by atoms with Gasteiger partial charge in [-0.05, 0) is 102 Å². The Morgan fingerprint density at radius 3 is 1.91 bits per heavy atom. The predicted molar refractivity (Wildman–Crippen MR) is 224 cm³/mol. The molecule has 2 nitrogen and oxygen atoms in total. The van der Waals surface area contributed by atoms with Crippen LogP contribution in [0.4, 0.5) is 0 Å². The smallest absolute Gasteiger partial charge is 0.0968 e. The highest BCUT2D eigenvalue weighted by molar-refractivity contribution is 8.00. The van der Waals surface area contributed by atoms with Crippen LogP contribution >= 0.6 is 11.8 Å². The summed E-state index contributed by atoms with van der Waals surface area (Å²) in [4.78, 5) is 11.0. The number of aryl methyl sites for hydroxylation is 1. The van der Waals surface area contributed by atoms with Gasteiger partial charge in [0.05, 0.1) is 11.0 Å². The van der Waals surface area contributed by atoms with Crippen LogP contribution in [0.2, 0.25) is 0 Å². The Labute approximate surface area is 313 Å². The molecule has 3 heteroatoms. The molecule has 2 atom stereocenters. The molecule has 1 aromatic heterocycles. The Morgan fingerprint density at radius 1 is 0.509 bits per heavy atom. The molecule has 7 aromatic carbocycles. The molecular formula is C50H34N2S. The highest BCUT2D eigenvalue weighted by Gasteiger charge is 2.32. The van der Waals surface area contributed by atoms with E-state index < -0.39 is 0 Å². The molecule has 0 saturated carbocycles. The van der Waals surface area contributed by atoms with E-state index in [2.05, 4.69) is 158 Å². The summed E-state index contributed by atoms with van der Waals surface area (Å²) in [7, 11) is 0. The van der Waals surface area contributed by atoms with Gasteiger partial charge < -0.3 is 0 Å². The SMILES string of the molecule is C1=CC2Sc3c(-c4cccc(-c5cccc6c(-c7cccc(C8=Cc9c(c%10nccnc%10c%10ccccc9%10)CC8)c7)cccc56)c4)cccc3C2C=C1. The van der Waals surface area contributed by atoms with E-state index in [9.17, 15) is 0 Å². The lowest BCUT2D eigenvalue weighted by atomic mass is 9.84. The molecule has 53 heavy (non-hydrogen) atoms. The van der Waals surface area contributed by atoms with Crippen LogP contribution in [0.15, 0.2) is 169 Å². The van der Waals surface area contributed by atoms with Gasteiger partial charge in [-0.3, -0.25) is 9.97 Å². The molecule has 250 valence electrons. The number of nitrogens with zero attached hydrogens (tertiary/aromatic N) is 2. The lowest BCUT2D eigenvalue weighted by Gasteiger charge is -2.21. The highest BCUT2D eigenvalue weighted by Crippen LogP contribution is 2.52. The van der Waals surface area contributed by atoms with Crippen molar-refractivity contribution in [3.05, 3.63) is 186 Å². The molecule has 0 spiro atoms. The maximum atomic E-state index is 4.80. The van der Waals surface area contributed by atoms with Crippen LogP contribution < -0.4 is 0 Å². The van der Waals surface area contributed by atoms with Gasteiger partial charge in [0, 0.05) is 33.8 Å². The Morgan fingerprint density at radius 2 is 1.11 bits per heavy atom. The topological polar surface area (TPSA) is 25.8 Å². The number of hydrogen-bond donors (Lipinski definition) is 0. The van der Waals surface area contributed by atoms with Gasteiger partial charge in [0.1, 0.15) is 0 Å². The van der Waals surface area contributed by atoms with Crippen LogP contribution in [0.5, 0.6) is 0 Å². The van der Waals surface area contributed by atoms with Crippen molar-refractivity contribution in [1.29, 1.82) is 0 Å². The second-order valence-electron chi connectivity index (χ2n) is 14.3. The van der Waals surface area contributed by atoms with Crippen LogP contribution in [0, 0.1) is 0 Å². The van der Waals surface area contributed by atoms with E-state index in [1.54, 1.807) is 6.20 Å². The zero-order chi connectivity index (χ0) is 34.9. The van der Waals surface area contributed by atoms with Crippen molar-refractivity contribution < 1.29 is 0 Å². The molecule has 0 amide bonds. The fraction of sp³-hybridized carbons (Fsp3) is 0.0800. The zero-order valence-electron chi connectivity index (χ0n) is 29.0. The Kier molecular flexibility index (Phi) is 7.09. The number of benzene rings is 7. The van der Waals surface area contributed by atoms with Crippen LogP contribution in [-0.2, 0) is 6.42 Å². The minimum Gasteiger partial charge on any atom is -0.253 e. The van der Waals surface area contributed by atoms with E-state index in [-0.39, 0.29) is 0 Å². The lowest BCUT2D eigenvalue weighted by Crippen LogP contribution is -2.06. The van der Waals surface area contributed by atoms with E-state index >= 15 is 0 Å². The molecule has 2 heterocycles. The maximum absolute atomic E-state index is 4.80. The third-order valence-electron chi connectivity index (χ3n) is 11.4. The first-order valence-electron chi connectivity index (χ1n) is 18.5. The minimum absolute atomic E-state index is 0.457. The van der Waals surface area contributed by atoms with Gasteiger partial charge >= 0.3 is 0 Å². The van der Waals surface area contributed by atoms with Crippen molar-refractivity contribution in [1.82, 2.24) is 9.97 Å². The summed E-state index contributed by atoms with van der Waals surface area (Å²) in [5.74, 6) is 0.457. The van der Waals surface area contributed by atoms with Crippen molar-refractivity contribution >= 4 is 56.0 Å². The van der Waals surface area contributed by atoms with E-state index in [0.717, 1.165) is 29.3 Å². The molecule has 3 aliphatic rings. The lowest BCUT2D eigenvalue weighted by molar-refractivity contribution is 0.881. The number of rotatable bonds is 4. The van der Waals surface area contributed by atoms with Crippen LogP contribution in [0.1, 0.15) is 34.6 Å². The summed E-state index contributed by atoms with van der Waals surface area (Å²) in [6.45, 7) is 0. The third kappa shape index (κ3) is 4.95. The summed E-state index contributed by atoms with van der Waals surface area (Å²) < 4.78 is 0. The van der Waals surface area contributed by atoms with Gasteiger partial charge in [-0.25, -0.2) is 0 Å². The molecule has 0 N–H and O–H groups in total. The molecule has 0 bridgehead atoms. The average Bonchev–Trinajstić information content (AvgIpc) is 3.62. The van der Waals surface area contributed by atoms with Crippen LogP contribution in [0.25, 0.3) is 77.6 Å². The summed E-state index contributed by atoms with van der Waals surface area (Å²) in [6, 6.07) is 47.3. The van der Waals surface area contributed by atoms with Gasteiger partial charge in [-0.1, -0.05) is 146 Å². The van der Waals surface area contributed by atoms with Crippen molar-refractivity contribution in [3.63, 3.8) is 0 Å². The van der Waals surface area contributed by atoms with E-state index in [1.165, 1.54) is 82.3 Å². The monoisotopic (exact) mass is 694 g/mol. The largest absolute Gasteiger partial charge is 0.253 e. The number of thioether (sulfide) groups is 1. The van der Waals surface area contributed by atoms with Gasteiger partial charge in [-0.15, -0.1) is 11.8 Å². The Hall–Kier alpha value is -6.03. The van der Waals surface area contributed by atoms with Crippen molar-refractivity contribution in [3.8, 4) is 33.4 Å². The molecule has 2 unspecified atom stereocenters. The summed E-state index contributed by atoms with van der Waals surface area (Å²) >= 11 is 2.01. The predicted octanol–water partition coefficient (Wildman–Crippen LogP) is 13.1. The number of fused-ring (bicyclic) bond motifs is 10. The molecule has 1 aliphatic heterocycles. The molecule has 8 aromatic rings. The van der Waals surface area contributed by atoms with Gasteiger partial charge in [0.2, 0.25) is 0 Å². The first-order valence-corrected chi connectivity index (χ1v) is 19.4. The Bertz CT molecular complexity index is 2900. The second-order valence-corrected chi connectivity index (χ2v) is 15.5. The third-order valence-corrected chi connectivity index (χ3v) is 12.9. The molecule has 2 aliphatic carbocycles. The van der Waals surface area contributed by atoms with Crippen LogP contribution in [-0.4, -0.2) is 15.2 Å². The van der Waals surface area contributed by atoms with Gasteiger partial charge in [0.25, 0.3) is 0 Å². The zero-order valence-corrected chi connectivity index (χ0v) is 29.9. The first kappa shape index (κ1) is 30.6. The van der Waals surface area contributed by atoms with E-state index in [1.807, 2.05) is 18.0 Å². The highest BCUT2D eigenvalue weighted by atomic mass is 32.2. The molecular weight excluding hydrogens is 661 g/mol. The van der Waals surface area contributed by atoms with Gasteiger partial charge in [-0.2, -0.15) is 0 Å². The second kappa shape index (κ2) is 12.3. The van der Waals surface area contributed by atoms with Crippen molar-refractivity contribution in [2.75, 3.05) is 0 Å². The average molecular weight is 695 g/mol. The summed E-state index contributed by atoms with van der Waals surface area (Å²) in [6.07, 6.45) is 17.0. The minimum atomic E-state index is 0.457. The normalized spacial score (nSPS) is 17.2. The molecule has 0 fully saturated rings. The Balaban J connectivity index is 0.983. The number of allylic oxidation sites excluding steroid dienone is 4. The number of aromatic nitrogens is 2. The fourth-order valence-electron chi connectivity index (χ4n) is 8.97. The first-order chi connectivity index (χ1) is 26.3. The van der Waals surface area contributed by atoms with Crippen molar-refractivity contribution in [2.45, 2.75) is 28.9 Å². The summed E-state index contributed by atoms with van der Waals surface area (Å²) in [5, 5.41) is 5.43. The number of hydrogen-bond acceptors (Lipinski definition) is 3. The van der Waals surface area contributed by atoms with E-state index in [0.29, 0.717) is 11.2 Å².